The van der Waals surface area contributed by atoms with E-state index in [-0.39, 0.29) is 0 Å². The third-order valence-electron chi connectivity index (χ3n) is 2.17. The van der Waals surface area contributed by atoms with E-state index in [1.54, 1.807) is 0 Å². The molecule has 98 valence electrons. The van der Waals surface area contributed by atoms with E-state index >= 15 is 0 Å². The molecule has 0 radical (unpaired) electrons. The fraction of sp³-hybridized carbons (Fsp3) is 0.667. The molecular formula is C15H26O2. The van der Waals surface area contributed by atoms with Gasteiger partial charge in [-0.25, -0.2) is 0 Å². The van der Waals surface area contributed by atoms with Crippen LogP contribution >= 0.6 is 0 Å². The van der Waals surface area contributed by atoms with Crippen LogP contribution in [0, 0.1) is 5.41 Å². The molecule has 0 fully saturated rings. The van der Waals surface area contributed by atoms with Gasteiger partial charge < -0.3 is 4.74 Å². The lowest BCUT2D eigenvalue weighted by atomic mass is 9.94. The summed E-state index contributed by atoms with van der Waals surface area (Å²) in [5, 5.41) is 0. The first-order valence-corrected chi connectivity index (χ1v) is 6.15. The third-order valence-corrected chi connectivity index (χ3v) is 2.17. The average Bonchev–Trinajstić information content (AvgIpc) is 2.14. The first kappa shape index (κ1) is 16.0. The summed E-state index contributed by atoms with van der Waals surface area (Å²) in [6, 6.07) is 0. The van der Waals surface area contributed by atoms with Gasteiger partial charge in [-0.3, -0.25) is 4.79 Å². The zero-order valence-corrected chi connectivity index (χ0v) is 12.1. The van der Waals surface area contributed by atoms with Gasteiger partial charge in [0.05, 0.1) is 0 Å². The van der Waals surface area contributed by atoms with Crippen LogP contribution < -0.4 is 0 Å². The van der Waals surface area contributed by atoms with E-state index in [4.69, 9.17) is 4.74 Å². The van der Waals surface area contributed by atoms with Gasteiger partial charge >= 0.3 is 0 Å². The SMILES string of the molecule is CC(C)(C)C.CC1=CC(C)=C(COC=O)CC1. The minimum absolute atomic E-state index is 0.457. The quantitative estimate of drug-likeness (QED) is 0.686. The fourth-order valence-electron chi connectivity index (χ4n) is 1.41. The Balaban J connectivity index is 0.000000437. The summed E-state index contributed by atoms with van der Waals surface area (Å²) in [5.74, 6) is 0. The summed E-state index contributed by atoms with van der Waals surface area (Å²) in [4.78, 5) is 9.96. The van der Waals surface area contributed by atoms with Gasteiger partial charge in [0, 0.05) is 0 Å². The number of hydrogen-bond acceptors (Lipinski definition) is 2. The smallest absolute Gasteiger partial charge is 0.293 e. The molecule has 2 nitrogen and oxygen atoms in total. The maximum absolute atomic E-state index is 9.96. The van der Waals surface area contributed by atoms with Crippen molar-refractivity contribution in [3.05, 3.63) is 22.8 Å². The van der Waals surface area contributed by atoms with Crippen LogP contribution in [-0.4, -0.2) is 13.1 Å². The molecule has 0 amide bonds. The van der Waals surface area contributed by atoms with Gasteiger partial charge in [0.25, 0.3) is 6.47 Å². The third kappa shape index (κ3) is 9.86. The minimum Gasteiger partial charge on any atom is -0.463 e. The first-order valence-electron chi connectivity index (χ1n) is 6.15. The molecule has 1 aliphatic rings. The summed E-state index contributed by atoms with van der Waals surface area (Å²) >= 11 is 0. The number of carbonyl (C=O) groups is 1. The predicted molar refractivity (Wildman–Crippen MR) is 72.8 cm³/mol. The van der Waals surface area contributed by atoms with Crippen LogP contribution in [0.5, 0.6) is 0 Å². The number of hydrogen-bond donors (Lipinski definition) is 0. The van der Waals surface area contributed by atoms with E-state index in [1.807, 2.05) is 0 Å². The summed E-state index contributed by atoms with van der Waals surface area (Å²) in [6.45, 7) is 13.9. The van der Waals surface area contributed by atoms with Crippen molar-refractivity contribution in [2.75, 3.05) is 6.61 Å². The molecule has 2 heteroatoms. The van der Waals surface area contributed by atoms with E-state index in [0.717, 1.165) is 12.8 Å². The van der Waals surface area contributed by atoms with Crippen LogP contribution in [0.1, 0.15) is 54.4 Å². The Morgan fingerprint density at radius 3 is 2.18 bits per heavy atom. The summed E-state index contributed by atoms with van der Waals surface area (Å²) in [7, 11) is 0. The topological polar surface area (TPSA) is 26.3 Å². The van der Waals surface area contributed by atoms with Crippen molar-refractivity contribution in [3.8, 4) is 0 Å². The highest BCUT2D eigenvalue weighted by Gasteiger charge is 2.07. The number of rotatable bonds is 3. The van der Waals surface area contributed by atoms with E-state index in [1.165, 1.54) is 16.7 Å². The molecule has 1 aliphatic carbocycles. The van der Waals surface area contributed by atoms with Crippen LogP contribution in [0.3, 0.4) is 0 Å². The van der Waals surface area contributed by atoms with E-state index in [0.29, 0.717) is 18.5 Å². The standard InChI is InChI=1S/C10H14O2.C5H12/c1-8-3-4-10(6-12-7-11)9(2)5-8;1-5(2,3)4/h5,7H,3-4,6H2,1-2H3;1-4H3. The Kier molecular flexibility index (Phi) is 6.86. The van der Waals surface area contributed by atoms with E-state index in [2.05, 4.69) is 47.6 Å². The lowest BCUT2D eigenvalue weighted by Crippen LogP contribution is -2.03. The van der Waals surface area contributed by atoms with Crippen molar-refractivity contribution in [1.29, 1.82) is 0 Å². The molecular weight excluding hydrogens is 212 g/mol. The molecule has 0 aliphatic heterocycles. The molecule has 0 saturated heterocycles. The predicted octanol–water partition coefficient (Wildman–Crippen LogP) is 4.27. The van der Waals surface area contributed by atoms with E-state index in [9.17, 15) is 4.79 Å². The average molecular weight is 238 g/mol. The van der Waals surface area contributed by atoms with Gasteiger partial charge in [0.15, 0.2) is 0 Å². The van der Waals surface area contributed by atoms with Crippen molar-refractivity contribution < 1.29 is 9.53 Å². The van der Waals surface area contributed by atoms with Crippen LogP contribution in [-0.2, 0) is 9.53 Å². The van der Waals surface area contributed by atoms with Gasteiger partial charge in [0.1, 0.15) is 6.61 Å². The molecule has 0 heterocycles. The normalized spacial score (nSPS) is 15.8. The summed E-state index contributed by atoms with van der Waals surface area (Å²) < 4.78 is 4.71. The van der Waals surface area contributed by atoms with Gasteiger partial charge in [-0.05, 0) is 43.3 Å². The highest BCUT2D eigenvalue weighted by molar-refractivity contribution is 5.39. The molecule has 0 N–H and O–H groups in total. The van der Waals surface area contributed by atoms with Crippen molar-refractivity contribution in [3.63, 3.8) is 0 Å². The highest BCUT2D eigenvalue weighted by atomic mass is 16.5. The first-order chi connectivity index (χ1) is 7.74. The monoisotopic (exact) mass is 238 g/mol. The summed E-state index contributed by atoms with van der Waals surface area (Å²) in [6.07, 6.45) is 4.28. The second-order valence-corrected chi connectivity index (χ2v) is 6.18. The Labute approximate surface area is 106 Å². The molecule has 0 aromatic carbocycles. The highest BCUT2D eigenvalue weighted by Crippen LogP contribution is 2.23. The maximum atomic E-state index is 9.96. The molecule has 0 atom stereocenters. The van der Waals surface area contributed by atoms with E-state index < -0.39 is 0 Å². The number of allylic oxidation sites excluding steroid dienone is 3. The van der Waals surface area contributed by atoms with Crippen molar-refractivity contribution in [2.24, 2.45) is 5.41 Å². The molecule has 1 rings (SSSR count). The van der Waals surface area contributed by atoms with Crippen molar-refractivity contribution >= 4 is 6.47 Å². The number of carbonyl (C=O) groups excluding carboxylic acids is 1. The Morgan fingerprint density at radius 1 is 1.24 bits per heavy atom. The minimum atomic E-state index is 0.457. The maximum Gasteiger partial charge on any atom is 0.293 e. The van der Waals surface area contributed by atoms with Gasteiger partial charge in [0.2, 0.25) is 0 Å². The van der Waals surface area contributed by atoms with Crippen LogP contribution in [0.25, 0.3) is 0 Å². The Bertz CT molecular complexity index is 297. The second-order valence-electron chi connectivity index (χ2n) is 6.18. The Hall–Kier alpha value is -1.05. The van der Waals surface area contributed by atoms with Crippen LogP contribution in [0.2, 0.25) is 0 Å². The zero-order valence-electron chi connectivity index (χ0n) is 12.1. The van der Waals surface area contributed by atoms with Crippen molar-refractivity contribution in [2.45, 2.75) is 54.4 Å². The van der Waals surface area contributed by atoms with Crippen LogP contribution in [0.15, 0.2) is 22.8 Å². The molecule has 0 saturated carbocycles. The lowest BCUT2D eigenvalue weighted by Gasteiger charge is -2.14. The molecule has 0 aromatic rings. The fourth-order valence-corrected chi connectivity index (χ4v) is 1.41. The van der Waals surface area contributed by atoms with Gasteiger partial charge in [-0.15, -0.1) is 0 Å². The van der Waals surface area contributed by atoms with Crippen molar-refractivity contribution in [1.82, 2.24) is 0 Å². The molecule has 17 heavy (non-hydrogen) atoms. The molecule has 0 aromatic heterocycles. The lowest BCUT2D eigenvalue weighted by molar-refractivity contribution is -0.127. The molecule has 0 bridgehead atoms. The number of ether oxygens (including phenoxy) is 1. The zero-order chi connectivity index (χ0) is 13.5. The van der Waals surface area contributed by atoms with Gasteiger partial charge in [-0.1, -0.05) is 39.3 Å². The Morgan fingerprint density at radius 2 is 1.76 bits per heavy atom. The van der Waals surface area contributed by atoms with Gasteiger partial charge in [-0.2, -0.15) is 0 Å². The molecule has 0 unspecified atom stereocenters. The second kappa shape index (κ2) is 7.31. The van der Waals surface area contributed by atoms with Crippen LogP contribution in [0.4, 0.5) is 0 Å². The largest absolute Gasteiger partial charge is 0.463 e. The summed E-state index contributed by atoms with van der Waals surface area (Å²) in [5.41, 5.74) is 4.40. The molecule has 0 spiro atoms.